The van der Waals surface area contributed by atoms with E-state index in [2.05, 4.69) is 28.4 Å². The number of rotatable bonds is 4. The molecule has 1 aromatic rings. The highest BCUT2D eigenvalue weighted by atomic mass is 16.3. The Morgan fingerprint density at radius 3 is 2.58 bits per heavy atom. The second kappa shape index (κ2) is 7.88. The van der Waals surface area contributed by atoms with Crippen molar-refractivity contribution in [2.24, 2.45) is 0 Å². The summed E-state index contributed by atoms with van der Waals surface area (Å²) in [4.78, 5) is 16.7. The van der Waals surface area contributed by atoms with E-state index >= 15 is 0 Å². The van der Waals surface area contributed by atoms with Crippen molar-refractivity contribution >= 4 is 11.7 Å². The fraction of sp³-hybridized carbons (Fsp3) is 0.632. The monoisotopic (exact) mass is 331 g/mol. The van der Waals surface area contributed by atoms with Crippen LogP contribution in [0, 0.1) is 0 Å². The summed E-state index contributed by atoms with van der Waals surface area (Å²) in [6, 6.07) is 8.57. The third kappa shape index (κ3) is 4.20. The average Bonchev–Trinajstić information content (AvgIpc) is 3.11. The Labute approximate surface area is 144 Å². The molecule has 0 spiro atoms. The molecule has 3 rings (SSSR count). The summed E-state index contributed by atoms with van der Waals surface area (Å²) in [5.74, 6) is 0. The largest absolute Gasteiger partial charge is 0.393 e. The van der Waals surface area contributed by atoms with Crippen molar-refractivity contribution in [2.75, 3.05) is 25.0 Å². The molecule has 0 atom stereocenters. The molecule has 1 saturated carbocycles. The minimum Gasteiger partial charge on any atom is -0.393 e. The normalized spacial score (nSPS) is 24.0. The van der Waals surface area contributed by atoms with Crippen molar-refractivity contribution in [2.45, 2.75) is 57.2 Å². The molecule has 0 radical (unpaired) electrons. The van der Waals surface area contributed by atoms with Gasteiger partial charge in [-0.1, -0.05) is 18.2 Å². The molecule has 0 unspecified atom stereocenters. The lowest BCUT2D eigenvalue weighted by Crippen LogP contribution is -2.44. The summed E-state index contributed by atoms with van der Waals surface area (Å²) >= 11 is 0. The predicted molar refractivity (Wildman–Crippen MR) is 96.2 cm³/mol. The number of para-hydroxylation sites is 1. The molecule has 5 heteroatoms. The molecule has 2 N–H and O–H groups in total. The maximum absolute atomic E-state index is 12.5. The van der Waals surface area contributed by atoms with Crippen LogP contribution < -0.4 is 10.2 Å². The summed E-state index contributed by atoms with van der Waals surface area (Å²) in [5.41, 5.74) is 2.46. The van der Waals surface area contributed by atoms with Crippen LogP contribution >= 0.6 is 0 Å². The lowest BCUT2D eigenvalue weighted by Gasteiger charge is -2.29. The second-order valence-electron chi connectivity index (χ2n) is 7.13. The van der Waals surface area contributed by atoms with Crippen molar-refractivity contribution in [1.29, 1.82) is 0 Å². The zero-order valence-electron chi connectivity index (χ0n) is 14.6. The summed E-state index contributed by atoms with van der Waals surface area (Å²) in [5, 5.41) is 12.7. The number of hydrogen-bond donors (Lipinski definition) is 2. The number of nitrogens with zero attached hydrogens (tertiary/aromatic N) is 2. The van der Waals surface area contributed by atoms with Crippen LogP contribution in [-0.4, -0.2) is 48.3 Å². The first-order chi connectivity index (χ1) is 11.6. The van der Waals surface area contributed by atoms with Crippen molar-refractivity contribution in [3.05, 3.63) is 29.8 Å². The van der Waals surface area contributed by atoms with Gasteiger partial charge in [-0.25, -0.2) is 4.79 Å². The Balaban J connectivity index is 1.58. The highest BCUT2D eigenvalue weighted by Crippen LogP contribution is 2.25. The standard InChI is InChI=1S/C19H29N3O2/c1-21(19(24)20-16-8-10-17(23)11-9-16)14-15-6-2-3-7-18(15)22-12-4-5-13-22/h2-3,6-7,16-17,23H,4-5,8-14H2,1H3,(H,20,24). The van der Waals surface area contributed by atoms with Gasteiger partial charge in [-0.2, -0.15) is 0 Å². The number of aliphatic hydroxyl groups excluding tert-OH is 1. The number of amides is 2. The number of carbonyl (C=O) groups excluding carboxylic acids is 1. The third-order valence-corrected chi connectivity index (χ3v) is 5.22. The van der Waals surface area contributed by atoms with E-state index in [9.17, 15) is 9.90 Å². The first-order valence-corrected chi connectivity index (χ1v) is 9.16. The van der Waals surface area contributed by atoms with Gasteiger partial charge in [0.05, 0.1) is 6.10 Å². The lowest BCUT2D eigenvalue weighted by molar-refractivity contribution is 0.115. The molecule has 0 bridgehead atoms. The van der Waals surface area contributed by atoms with Gasteiger partial charge in [0.15, 0.2) is 0 Å². The van der Waals surface area contributed by atoms with Crippen LogP contribution in [0.25, 0.3) is 0 Å². The van der Waals surface area contributed by atoms with E-state index in [1.165, 1.54) is 24.1 Å². The van der Waals surface area contributed by atoms with E-state index in [0.29, 0.717) is 6.54 Å². The molecule has 2 fully saturated rings. The van der Waals surface area contributed by atoms with Crippen molar-refractivity contribution in [3.8, 4) is 0 Å². The molecule has 1 aromatic carbocycles. The van der Waals surface area contributed by atoms with E-state index in [0.717, 1.165) is 38.8 Å². The highest BCUT2D eigenvalue weighted by molar-refractivity contribution is 5.74. The highest BCUT2D eigenvalue weighted by Gasteiger charge is 2.23. The summed E-state index contributed by atoms with van der Waals surface area (Å²) in [6.45, 7) is 2.84. The quantitative estimate of drug-likeness (QED) is 0.892. The number of carbonyl (C=O) groups is 1. The minimum atomic E-state index is -0.191. The lowest BCUT2D eigenvalue weighted by atomic mass is 9.93. The molecule has 2 aliphatic rings. The van der Waals surface area contributed by atoms with Crippen LogP contribution in [0.1, 0.15) is 44.1 Å². The number of anilines is 1. The summed E-state index contributed by atoms with van der Waals surface area (Å²) < 4.78 is 0. The first kappa shape index (κ1) is 17.1. The van der Waals surface area contributed by atoms with Gasteiger partial charge in [0.1, 0.15) is 0 Å². The number of nitrogens with one attached hydrogen (secondary N) is 1. The van der Waals surface area contributed by atoms with Gasteiger partial charge in [-0.3, -0.25) is 0 Å². The van der Waals surface area contributed by atoms with Crippen LogP contribution in [0.2, 0.25) is 0 Å². The van der Waals surface area contributed by atoms with Gasteiger partial charge in [-0.15, -0.1) is 0 Å². The molecular weight excluding hydrogens is 302 g/mol. The number of hydrogen-bond acceptors (Lipinski definition) is 3. The third-order valence-electron chi connectivity index (χ3n) is 5.22. The summed E-state index contributed by atoms with van der Waals surface area (Å²) in [7, 11) is 1.85. The van der Waals surface area contributed by atoms with Crippen molar-refractivity contribution in [1.82, 2.24) is 10.2 Å². The molecule has 132 valence electrons. The molecule has 24 heavy (non-hydrogen) atoms. The van der Waals surface area contributed by atoms with Crippen LogP contribution in [0.5, 0.6) is 0 Å². The predicted octanol–water partition coefficient (Wildman–Crippen LogP) is 2.73. The van der Waals surface area contributed by atoms with E-state index in [4.69, 9.17) is 0 Å². The fourth-order valence-electron chi connectivity index (χ4n) is 3.74. The second-order valence-corrected chi connectivity index (χ2v) is 7.13. The average molecular weight is 331 g/mol. The van der Waals surface area contributed by atoms with Crippen molar-refractivity contribution < 1.29 is 9.90 Å². The van der Waals surface area contributed by atoms with Gasteiger partial charge in [0.2, 0.25) is 0 Å². The topological polar surface area (TPSA) is 55.8 Å². The van der Waals surface area contributed by atoms with Crippen LogP contribution in [0.15, 0.2) is 24.3 Å². The molecule has 1 heterocycles. The van der Waals surface area contributed by atoms with Crippen LogP contribution in [-0.2, 0) is 6.54 Å². The molecular formula is C19H29N3O2. The van der Waals surface area contributed by atoms with E-state index in [1.54, 1.807) is 4.90 Å². The van der Waals surface area contributed by atoms with Gasteiger partial charge >= 0.3 is 6.03 Å². The maximum Gasteiger partial charge on any atom is 0.317 e. The Morgan fingerprint density at radius 2 is 1.88 bits per heavy atom. The van der Waals surface area contributed by atoms with Gasteiger partial charge in [0.25, 0.3) is 0 Å². The SMILES string of the molecule is CN(Cc1ccccc1N1CCCC1)C(=O)NC1CCC(O)CC1. The maximum atomic E-state index is 12.5. The molecule has 0 aromatic heterocycles. The smallest absolute Gasteiger partial charge is 0.317 e. The molecule has 1 aliphatic heterocycles. The van der Waals surface area contributed by atoms with Crippen LogP contribution in [0.4, 0.5) is 10.5 Å². The fourth-order valence-corrected chi connectivity index (χ4v) is 3.74. The first-order valence-electron chi connectivity index (χ1n) is 9.16. The molecule has 1 saturated heterocycles. The van der Waals surface area contributed by atoms with E-state index in [1.807, 2.05) is 13.1 Å². The Morgan fingerprint density at radius 1 is 1.21 bits per heavy atom. The van der Waals surface area contributed by atoms with Crippen molar-refractivity contribution in [3.63, 3.8) is 0 Å². The number of benzene rings is 1. The molecule has 1 aliphatic carbocycles. The van der Waals surface area contributed by atoms with Crippen LogP contribution in [0.3, 0.4) is 0 Å². The zero-order chi connectivity index (χ0) is 16.9. The summed E-state index contributed by atoms with van der Waals surface area (Å²) in [6.07, 6.45) is 5.61. The minimum absolute atomic E-state index is 0.0207. The molecule has 2 amide bonds. The Bertz CT molecular complexity index is 549. The number of aliphatic hydroxyl groups is 1. The van der Waals surface area contributed by atoms with Gasteiger partial charge in [-0.05, 0) is 50.2 Å². The zero-order valence-corrected chi connectivity index (χ0v) is 14.6. The van der Waals surface area contributed by atoms with E-state index < -0.39 is 0 Å². The Kier molecular flexibility index (Phi) is 5.61. The molecule has 5 nitrogen and oxygen atoms in total. The van der Waals surface area contributed by atoms with Gasteiger partial charge < -0.3 is 20.2 Å². The Hall–Kier alpha value is -1.75. The van der Waals surface area contributed by atoms with E-state index in [-0.39, 0.29) is 18.2 Å². The van der Waals surface area contributed by atoms with Gasteiger partial charge in [0, 0.05) is 38.4 Å². The number of urea groups is 1.